The number of hydrogen-bond donors (Lipinski definition) is 1. The van der Waals surface area contributed by atoms with Crippen LogP contribution in [0.3, 0.4) is 0 Å². The van der Waals surface area contributed by atoms with Gasteiger partial charge in [-0.25, -0.2) is 0 Å². The molecule has 7 heteroatoms. The van der Waals surface area contributed by atoms with Gasteiger partial charge >= 0.3 is 0 Å². The van der Waals surface area contributed by atoms with E-state index in [-0.39, 0.29) is 5.78 Å². The quantitative estimate of drug-likeness (QED) is 0.736. The van der Waals surface area contributed by atoms with Crippen LogP contribution in [0.1, 0.15) is 42.3 Å². The number of rotatable bonds is 6. The summed E-state index contributed by atoms with van der Waals surface area (Å²) in [5.41, 5.74) is 0.915. The molecule has 0 bridgehead atoms. The summed E-state index contributed by atoms with van der Waals surface area (Å²) in [6.07, 6.45) is 2.61. The van der Waals surface area contributed by atoms with Crippen molar-refractivity contribution < 1.29 is 9.53 Å². The molecule has 0 saturated carbocycles. The summed E-state index contributed by atoms with van der Waals surface area (Å²) in [5.74, 6) is 0.621. The molecule has 2 aromatic rings. The normalized spacial score (nSPS) is 18.9. The highest BCUT2D eigenvalue weighted by Crippen LogP contribution is 2.41. The first-order valence-corrected chi connectivity index (χ1v) is 10.2. The maximum absolute atomic E-state index is 12.7. The summed E-state index contributed by atoms with van der Waals surface area (Å²) >= 11 is 2.62. The first-order valence-electron chi connectivity index (χ1n) is 8.55. The number of carbonyl (C=O) groups is 1. The summed E-state index contributed by atoms with van der Waals surface area (Å²) in [6.45, 7) is 6.89. The van der Waals surface area contributed by atoms with Gasteiger partial charge in [0.25, 0.3) is 0 Å². The molecule has 0 spiro atoms. The number of ether oxygens (including phenoxy) is 1. The zero-order valence-corrected chi connectivity index (χ0v) is 16.6. The van der Waals surface area contributed by atoms with E-state index in [1.807, 2.05) is 37.3 Å². The number of thioether (sulfide) groups is 1. The predicted octanol–water partition coefficient (Wildman–Crippen LogP) is 4.55. The fourth-order valence-corrected chi connectivity index (χ4v) is 4.37. The molecule has 1 atom stereocenters. The van der Waals surface area contributed by atoms with Crippen LogP contribution >= 0.6 is 23.1 Å². The second-order valence-electron chi connectivity index (χ2n) is 6.43. The van der Waals surface area contributed by atoms with Gasteiger partial charge in [0.2, 0.25) is 0 Å². The molecule has 1 unspecified atom stereocenters. The van der Waals surface area contributed by atoms with Gasteiger partial charge in [-0.15, -0.1) is 21.5 Å². The number of allylic oxidation sites excluding steroid dienone is 1. The van der Waals surface area contributed by atoms with Gasteiger partial charge in [0.15, 0.2) is 5.78 Å². The lowest BCUT2D eigenvalue weighted by Crippen LogP contribution is -2.11. The van der Waals surface area contributed by atoms with Crippen molar-refractivity contribution >= 4 is 40.0 Å². The van der Waals surface area contributed by atoms with E-state index in [2.05, 4.69) is 24.0 Å². The smallest absolute Gasteiger partial charge is 0.186 e. The van der Waals surface area contributed by atoms with Crippen LogP contribution in [0, 0.1) is 11.3 Å². The molecule has 1 aliphatic rings. The molecule has 0 radical (unpaired) electrons. The molecule has 0 aliphatic carbocycles. The Kier molecular flexibility index (Phi) is 5.88. The second kappa shape index (κ2) is 8.14. The minimum Gasteiger partial charge on any atom is -0.493 e. The zero-order valence-electron chi connectivity index (χ0n) is 15.0. The van der Waals surface area contributed by atoms with Gasteiger partial charge < -0.3 is 4.74 Å². The third kappa shape index (κ3) is 4.22. The highest BCUT2D eigenvalue weighted by atomic mass is 32.2. The van der Waals surface area contributed by atoms with E-state index in [0.29, 0.717) is 27.5 Å². The lowest BCUT2D eigenvalue weighted by Gasteiger charge is -2.08. The summed E-state index contributed by atoms with van der Waals surface area (Å²) in [6, 6.07) is 7.65. The van der Waals surface area contributed by atoms with E-state index in [9.17, 15) is 4.79 Å². The minimum absolute atomic E-state index is 0.0704. The van der Waals surface area contributed by atoms with Crippen LogP contribution in [0.15, 0.2) is 29.2 Å². The van der Waals surface area contributed by atoms with Crippen molar-refractivity contribution in [2.75, 3.05) is 6.61 Å². The van der Waals surface area contributed by atoms with Crippen LogP contribution in [0.25, 0.3) is 6.08 Å². The molecule has 1 saturated heterocycles. The van der Waals surface area contributed by atoms with Gasteiger partial charge in [-0.3, -0.25) is 10.2 Å². The predicted molar refractivity (Wildman–Crippen MR) is 107 cm³/mol. The number of carbonyl (C=O) groups excluding carboxylic acids is 1. The summed E-state index contributed by atoms with van der Waals surface area (Å²) in [5, 5.41) is 18.2. The van der Waals surface area contributed by atoms with E-state index < -0.39 is 5.92 Å². The van der Waals surface area contributed by atoms with Gasteiger partial charge in [-0.05, 0) is 36.1 Å². The molecule has 1 aliphatic heterocycles. The van der Waals surface area contributed by atoms with Crippen molar-refractivity contribution in [2.45, 2.75) is 33.1 Å². The van der Waals surface area contributed by atoms with E-state index in [0.717, 1.165) is 22.7 Å². The van der Waals surface area contributed by atoms with Gasteiger partial charge in [0.1, 0.15) is 21.7 Å². The molecule has 1 fully saturated rings. The number of Topliss-reactive ketones (excluding diaryl/α,β-unsaturated/α-hetero) is 1. The van der Waals surface area contributed by atoms with Crippen LogP contribution in [0.5, 0.6) is 5.75 Å². The number of benzene rings is 1. The number of aromatic nitrogens is 2. The molecule has 0 amide bonds. The van der Waals surface area contributed by atoms with Crippen LogP contribution in [0.4, 0.5) is 0 Å². The van der Waals surface area contributed by atoms with E-state index in [1.165, 1.54) is 23.1 Å². The standard InChI is InChI=1S/C19H21N3O2S2/c1-4-15-21-22-19(26-15)16-17(23)14(25-18(16)20)9-12-5-7-13(8-6-12)24-10-11(2)3/h5-9,11,16,20H,4,10H2,1-3H3. The summed E-state index contributed by atoms with van der Waals surface area (Å²) in [7, 11) is 0. The molecule has 26 heavy (non-hydrogen) atoms. The fourth-order valence-electron chi connectivity index (χ4n) is 2.41. The topological polar surface area (TPSA) is 75.9 Å². The molecule has 136 valence electrons. The Hall–Kier alpha value is -1.99. The van der Waals surface area contributed by atoms with Crippen LogP contribution in [-0.4, -0.2) is 27.6 Å². The third-order valence-corrected chi connectivity index (χ3v) is 5.91. The van der Waals surface area contributed by atoms with Gasteiger partial charge in [0, 0.05) is 0 Å². The van der Waals surface area contributed by atoms with Crippen molar-refractivity contribution in [3.63, 3.8) is 0 Å². The van der Waals surface area contributed by atoms with E-state index in [1.54, 1.807) is 0 Å². The molecule has 3 rings (SSSR count). The Bertz CT molecular complexity index is 841. The molecule has 1 aromatic carbocycles. The fraction of sp³-hybridized carbons (Fsp3) is 0.368. The van der Waals surface area contributed by atoms with Crippen molar-refractivity contribution in [3.05, 3.63) is 44.7 Å². The largest absolute Gasteiger partial charge is 0.493 e. The lowest BCUT2D eigenvalue weighted by atomic mass is 10.1. The number of aryl methyl sites for hydroxylation is 1. The molecule has 1 N–H and O–H groups in total. The molecule has 5 nitrogen and oxygen atoms in total. The SMILES string of the molecule is CCc1nnc(C2C(=N)SC(=Cc3ccc(OCC(C)C)cc3)C2=O)s1. The minimum atomic E-state index is -0.599. The highest BCUT2D eigenvalue weighted by Gasteiger charge is 2.39. The summed E-state index contributed by atoms with van der Waals surface area (Å²) in [4.78, 5) is 13.3. The average molecular weight is 388 g/mol. The van der Waals surface area contributed by atoms with Crippen molar-refractivity contribution in [1.29, 1.82) is 5.41 Å². The maximum Gasteiger partial charge on any atom is 0.186 e. The van der Waals surface area contributed by atoms with Crippen LogP contribution in [-0.2, 0) is 11.2 Å². The number of ketones is 1. The lowest BCUT2D eigenvalue weighted by molar-refractivity contribution is -0.114. The first-order chi connectivity index (χ1) is 12.5. The number of nitrogens with one attached hydrogen (secondary N) is 1. The van der Waals surface area contributed by atoms with Crippen LogP contribution in [0.2, 0.25) is 0 Å². The monoisotopic (exact) mass is 387 g/mol. The third-order valence-electron chi connectivity index (χ3n) is 3.78. The summed E-state index contributed by atoms with van der Waals surface area (Å²) < 4.78 is 5.68. The Morgan fingerprint density at radius 1 is 1.27 bits per heavy atom. The van der Waals surface area contributed by atoms with Gasteiger partial charge in [-0.2, -0.15) is 0 Å². The van der Waals surface area contributed by atoms with Crippen molar-refractivity contribution in [2.24, 2.45) is 5.92 Å². The van der Waals surface area contributed by atoms with E-state index in [4.69, 9.17) is 10.1 Å². The molecule has 2 heterocycles. The molecular formula is C19H21N3O2S2. The van der Waals surface area contributed by atoms with E-state index >= 15 is 0 Å². The van der Waals surface area contributed by atoms with Gasteiger partial charge in [0.05, 0.1) is 16.6 Å². The molecule has 1 aromatic heterocycles. The zero-order chi connectivity index (χ0) is 18.7. The Labute approximate surface area is 161 Å². The molecular weight excluding hydrogens is 366 g/mol. The second-order valence-corrected chi connectivity index (χ2v) is 8.61. The Morgan fingerprint density at radius 3 is 2.62 bits per heavy atom. The van der Waals surface area contributed by atoms with Crippen molar-refractivity contribution in [1.82, 2.24) is 10.2 Å². The first kappa shape index (κ1) is 18.8. The maximum atomic E-state index is 12.7. The number of nitrogens with zero attached hydrogens (tertiary/aromatic N) is 2. The van der Waals surface area contributed by atoms with Crippen molar-refractivity contribution in [3.8, 4) is 5.75 Å². The Morgan fingerprint density at radius 2 is 2.00 bits per heavy atom. The van der Waals surface area contributed by atoms with Crippen LogP contribution < -0.4 is 4.74 Å². The van der Waals surface area contributed by atoms with Gasteiger partial charge in [-0.1, -0.05) is 44.7 Å². The highest BCUT2D eigenvalue weighted by molar-refractivity contribution is 8.19. The number of hydrogen-bond acceptors (Lipinski definition) is 7. The Balaban J connectivity index is 1.75. The average Bonchev–Trinajstić information content (AvgIpc) is 3.19.